The summed E-state index contributed by atoms with van der Waals surface area (Å²) in [5.74, 6) is -2.87. The number of hydrogen-bond donors (Lipinski definition) is 3. The third-order valence-electron chi connectivity index (χ3n) is 7.39. The molecule has 1 aromatic heterocycles. The van der Waals surface area contributed by atoms with Gasteiger partial charge in [-0.2, -0.15) is 0 Å². The molecule has 5 rings (SSSR count). The number of esters is 2. The van der Waals surface area contributed by atoms with Crippen molar-refractivity contribution in [2.24, 2.45) is 5.16 Å². The second kappa shape index (κ2) is 12.9. The van der Waals surface area contributed by atoms with E-state index >= 15 is 0 Å². The van der Waals surface area contributed by atoms with Crippen molar-refractivity contribution in [1.29, 1.82) is 0 Å². The number of fused-ring (bicyclic) bond motifs is 2. The molecule has 1 saturated heterocycles. The van der Waals surface area contributed by atoms with E-state index in [9.17, 15) is 29.1 Å². The number of carbonyl (C=O) groups excluding carboxylic acids is 4. The quantitative estimate of drug-likeness (QED) is 0.0818. The number of quaternary nitrogens is 1. The van der Waals surface area contributed by atoms with Gasteiger partial charge in [-0.1, -0.05) is 5.16 Å². The number of likely N-dealkylation sites (N-methyl/N-ethyl adjacent to an activating group) is 1. The number of carboxylic acid groups (broad SMARTS) is 1. The van der Waals surface area contributed by atoms with Crippen LogP contribution in [-0.2, 0) is 48.4 Å². The molecule has 2 aromatic rings. The first kappa shape index (κ1) is 31.9. The molecule has 0 aliphatic carbocycles. The number of thiazole rings is 1. The molecule has 0 spiro atoms. The Hall–Kier alpha value is -4.48. The maximum atomic E-state index is 13.1. The van der Waals surface area contributed by atoms with Gasteiger partial charge < -0.3 is 35.0 Å². The molecule has 3 aliphatic heterocycles. The number of aromatic nitrogens is 1. The fraction of sp³-hybridized carbons (Fsp3) is 0.393. The molecule has 0 radical (unpaired) electrons. The van der Waals surface area contributed by atoms with Crippen LogP contribution >= 0.6 is 23.1 Å². The van der Waals surface area contributed by atoms with Crippen molar-refractivity contribution >= 4 is 64.2 Å². The smallest absolute Gasteiger partial charge is 0.352 e. The highest BCUT2D eigenvalue weighted by molar-refractivity contribution is 8.00. The van der Waals surface area contributed by atoms with E-state index < -0.39 is 41.1 Å². The lowest BCUT2D eigenvalue weighted by molar-refractivity contribution is -0.920. The molecule has 0 saturated carbocycles. The van der Waals surface area contributed by atoms with Crippen molar-refractivity contribution in [1.82, 2.24) is 15.2 Å². The van der Waals surface area contributed by atoms with Gasteiger partial charge in [0.1, 0.15) is 36.4 Å². The maximum Gasteiger partial charge on any atom is 0.352 e. The zero-order chi connectivity index (χ0) is 32.5. The van der Waals surface area contributed by atoms with Gasteiger partial charge in [0.25, 0.3) is 11.8 Å². The Morgan fingerprint density at radius 2 is 1.89 bits per heavy atom. The Morgan fingerprint density at radius 3 is 2.51 bits per heavy atom. The molecule has 1 fully saturated rings. The van der Waals surface area contributed by atoms with Crippen LogP contribution in [0.3, 0.4) is 0 Å². The molecular formula is C28H31N6O9S2+. The molecule has 2 unspecified atom stereocenters. The Bertz CT molecular complexity index is 1640. The summed E-state index contributed by atoms with van der Waals surface area (Å²) in [6.07, 6.45) is 1.51. The molecule has 238 valence electrons. The number of amides is 2. The lowest BCUT2D eigenvalue weighted by Gasteiger charge is -2.50. The number of carboxylic acids is 1. The fourth-order valence-electron chi connectivity index (χ4n) is 5.54. The average Bonchev–Trinajstić information content (AvgIpc) is 3.38. The summed E-state index contributed by atoms with van der Waals surface area (Å²) in [6, 6.07) is 2.46. The van der Waals surface area contributed by atoms with E-state index in [4.69, 9.17) is 20.0 Å². The number of nitrogens with two attached hydrogens (primary N) is 1. The summed E-state index contributed by atoms with van der Waals surface area (Å²) in [6.45, 7) is 4.02. The Morgan fingerprint density at radius 1 is 1.20 bits per heavy atom. The van der Waals surface area contributed by atoms with Gasteiger partial charge in [-0.3, -0.25) is 24.1 Å². The van der Waals surface area contributed by atoms with Crippen LogP contribution in [0, 0.1) is 0 Å². The van der Waals surface area contributed by atoms with Crippen molar-refractivity contribution in [2.75, 3.05) is 31.6 Å². The Balaban J connectivity index is 1.26. The number of rotatable bonds is 10. The summed E-state index contributed by atoms with van der Waals surface area (Å²) in [4.78, 5) is 71.5. The topological polar surface area (TPSA) is 200 Å². The SMILES string of the molecule is CC(=O)Oc1cc2c(cc1OC(C)=O)C[N+](C)(CC1=C(C(=O)O)N3C(=O)C(NC(=O)/C=N\OCc4csc(N)n4)[C@H]3SC1)CC2. The second-order valence-corrected chi connectivity index (χ2v) is 13.0. The van der Waals surface area contributed by atoms with Gasteiger partial charge in [-0.05, 0) is 17.7 Å². The van der Waals surface area contributed by atoms with Crippen LogP contribution in [0.2, 0.25) is 0 Å². The van der Waals surface area contributed by atoms with Crippen LogP contribution in [0.15, 0.2) is 33.9 Å². The van der Waals surface area contributed by atoms with E-state index in [0.29, 0.717) is 52.7 Å². The van der Waals surface area contributed by atoms with E-state index in [0.717, 1.165) is 17.3 Å². The van der Waals surface area contributed by atoms with E-state index in [2.05, 4.69) is 15.5 Å². The minimum absolute atomic E-state index is 0.0212. The Labute approximate surface area is 265 Å². The van der Waals surface area contributed by atoms with Crippen molar-refractivity contribution in [3.63, 3.8) is 0 Å². The summed E-state index contributed by atoms with van der Waals surface area (Å²) in [5.41, 5.74) is 8.45. The molecule has 4 heterocycles. The molecule has 3 aliphatic rings. The number of ether oxygens (including phenoxy) is 2. The van der Waals surface area contributed by atoms with Crippen molar-refractivity contribution in [2.45, 2.75) is 44.8 Å². The van der Waals surface area contributed by atoms with E-state index in [1.807, 2.05) is 7.05 Å². The normalized spacial score (nSPS) is 22.3. The van der Waals surface area contributed by atoms with Crippen LogP contribution in [0.25, 0.3) is 0 Å². The highest BCUT2D eigenvalue weighted by Crippen LogP contribution is 2.42. The number of hydrogen-bond acceptors (Lipinski definition) is 13. The molecule has 4 N–H and O–H groups in total. The predicted molar refractivity (Wildman–Crippen MR) is 162 cm³/mol. The first-order valence-electron chi connectivity index (χ1n) is 13.8. The zero-order valence-electron chi connectivity index (χ0n) is 24.6. The number of β-lactam (4-membered cyclic amide) rings is 1. The number of thioether (sulfide) groups is 1. The number of nitrogens with one attached hydrogen (secondary N) is 1. The molecule has 3 atom stereocenters. The number of nitrogens with zero attached hydrogens (tertiary/aromatic N) is 4. The average molecular weight is 660 g/mol. The number of aliphatic carboxylic acids is 1. The van der Waals surface area contributed by atoms with Gasteiger partial charge in [0.2, 0.25) is 0 Å². The highest BCUT2D eigenvalue weighted by atomic mass is 32.2. The third-order valence-corrected chi connectivity index (χ3v) is 9.46. The minimum atomic E-state index is -1.22. The van der Waals surface area contributed by atoms with E-state index in [1.165, 1.54) is 41.8 Å². The highest BCUT2D eigenvalue weighted by Gasteiger charge is 2.54. The van der Waals surface area contributed by atoms with Crippen molar-refractivity contribution < 1.29 is 47.9 Å². The number of nitrogen functional groups attached to an aromatic ring is 1. The van der Waals surface area contributed by atoms with Gasteiger partial charge in [0, 0.05) is 42.5 Å². The first-order chi connectivity index (χ1) is 21.3. The van der Waals surface area contributed by atoms with Crippen LogP contribution in [-0.4, -0.2) is 92.7 Å². The van der Waals surface area contributed by atoms with Gasteiger partial charge in [-0.25, -0.2) is 9.78 Å². The van der Waals surface area contributed by atoms with E-state index in [1.54, 1.807) is 17.5 Å². The predicted octanol–water partition coefficient (Wildman–Crippen LogP) is 1.02. The van der Waals surface area contributed by atoms with Crippen LogP contribution < -0.4 is 20.5 Å². The zero-order valence-corrected chi connectivity index (χ0v) is 26.2. The maximum absolute atomic E-state index is 13.1. The summed E-state index contributed by atoms with van der Waals surface area (Å²) in [5, 5.41) is 17.8. The molecule has 15 nitrogen and oxygen atoms in total. The fourth-order valence-corrected chi connectivity index (χ4v) is 7.43. The molecular weight excluding hydrogens is 628 g/mol. The van der Waals surface area contributed by atoms with E-state index in [-0.39, 0.29) is 23.8 Å². The number of carbonyl (C=O) groups is 5. The number of anilines is 1. The van der Waals surface area contributed by atoms with Crippen LogP contribution in [0.5, 0.6) is 11.5 Å². The van der Waals surface area contributed by atoms with Gasteiger partial charge in [0.15, 0.2) is 23.2 Å². The molecule has 17 heteroatoms. The lowest BCUT2D eigenvalue weighted by Crippen LogP contribution is -2.71. The molecule has 0 bridgehead atoms. The van der Waals surface area contributed by atoms with Crippen molar-refractivity contribution in [3.05, 3.63) is 45.6 Å². The Kier molecular flexibility index (Phi) is 9.13. The minimum Gasteiger partial charge on any atom is -0.477 e. The molecule has 45 heavy (non-hydrogen) atoms. The van der Waals surface area contributed by atoms with Gasteiger partial charge >= 0.3 is 17.9 Å². The summed E-state index contributed by atoms with van der Waals surface area (Å²) >= 11 is 2.62. The largest absolute Gasteiger partial charge is 0.477 e. The lowest BCUT2D eigenvalue weighted by atomic mass is 9.96. The number of benzene rings is 1. The summed E-state index contributed by atoms with van der Waals surface area (Å²) < 4.78 is 11.0. The number of oxime groups is 1. The van der Waals surface area contributed by atoms with Crippen molar-refractivity contribution in [3.8, 4) is 11.5 Å². The first-order valence-corrected chi connectivity index (χ1v) is 15.7. The third kappa shape index (κ3) is 7.10. The molecule has 1 aromatic carbocycles. The molecule has 2 amide bonds. The van der Waals surface area contributed by atoms with Gasteiger partial charge in [-0.15, -0.1) is 23.1 Å². The van der Waals surface area contributed by atoms with Crippen LogP contribution in [0.1, 0.15) is 30.7 Å². The van der Waals surface area contributed by atoms with Crippen LogP contribution in [0.4, 0.5) is 5.13 Å². The standard InChI is InChI=1S/C28H30N6O9S2/c1-14(35)42-20-6-16-4-5-34(3,9-17(16)7-21(20)43-15(2)36)10-18-12-44-26-23(25(38)33(26)24(18)27(39)40)32-22(37)8-30-41-11-19-13-45-28(29)31-19/h6-8,13,23,26H,4-5,9-12H2,1-3H3,(H3-,29,31,32,37,39,40)/p+1/b30-8-/t23?,26-,34?/m1/s1. The monoisotopic (exact) mass is 659 g/mol. The van der Waals surface area contributed by atoms with Gasteiger partial charge in [0.05, 0.1) is 19.3 Å². The summed E-state index contributed by atoms with van der Waals surface area (Å²) in [7, 11) is 1.99. The second-order valence-electron chi connectivity index (χ2n) is 11.0.